The molecule has 0 unspecified atom stereocenters. The van der Waals surface area contributed by atoms with Gasteiger partial charge in [0.05, 0.1) is 23.7 Å². The second kappa shape index (κ2) is 9.86. The molecule has 35 heavy (non-hydrogen) atoms. The molecule has 1 aliphatic carbocycles. The highest BCUT2D eigenvalue weighted by Crippen LogP contribution is 2.42. The molecule has 2 aromatic heterocycles. The van der Waals surface area contributed by atoms with Gasteiger partial charge in [-0.05, 0) is 49.0 Å². The maximum absolute atomic E-state index is 13.5. The van der Waals surface area contributed by atoms with E-state index in [-0.39, 0.29) is 19.0 Å². The molecule has 0 atom stereocenters. The number of pyridine rings is 1. The number of fused-ring (bicyclic) bond motifs is 1. The van der Waals surface area contributed by atoms with Gasteiger partial charge in [-0.2, -0.15) is 13.2 Å². The molecule has 2 fully saturated rings. The molecule has 1 aromatic carbocycles. The molecule has 0 amide bonds. The van der Waals surface area contributed by atoms with Crippen molar-refractivity contribution in [1.82, 2.24) is 14.9 Å². The van der Waals surface area contributed by atoms with Crippen LogP contribution in [0.3, 0.4) is 0 Å². The van der Waals surface area contributed by atoms with Gasteiger partial charge in [0.2, 0.25) is 0 Å². The Balaban J connectivity index is 1.39. The monoisotopic (exact) mass is 505 g/mol. The first kappa shape index (κ1) is 24.2. The largest absolute Gasteiger partial charge is 0.495 e. The molecule has 1 saturated carbocycles. The van der Waals surface area contributed by atoms with Gasteiger partial charge < -0.3 is 20.4 Å². The van der Waals surface area contributed by atoms with Gasteiger partial charge in [-0.1, -0.05) is 20.9 Å². The number of alkyl halides is 3. The minimum atomic E-state index is -4.47. The number of hydrogen-bond acceptors (Lipinski definition) is 5. The molecule has 3 aromatic rings. The predicted molar refractivity (Wildman–Crippen MR) is 137 cm³/mol. The number of anilines is 3. The fourth-order valence-electron chi connectivity index (χ4n) is 4.72. The highest BCUT2D eigenvalue weighted by atomic mass is 31.1. The summed E-state index contributed by atoms with van der Waals surface area (Å²) in [7, 11) is 1.42. The van der Waals surface area contributed by atoms with Crippen LogP contribution in [0.4, 0.5) is 30.4 Å². The molecule has 6 nitrogen and oxygen atoms in total. The van der Waals surface area contributed by atoms with Crippen LogP contribution in [-0.2, 0) is 6.18 Å². The van der Waals surface area contributed by atoms with Gasteiger partial charge in [0, 0.05) is 43.6 Å². The van der Waals surface area contributed by atoms with Crippen molar-refractivity contribution in [3.05, 3.63) is 36.0 Å². The number of methoxy groups -OCH3 is 1. The number of halogens is 3. The average molecular weight is 506 g/mol. The summed E-state index contributed by atoms with van der Waals surface area (Å²) in [6.45, 7) is 4.87. The Hall–Kier alpha value is -2.51. The van der Waals surface area contributed by atoms with Gasteiger partial charge >= 0.3 is 6.18 Å². The van der Waals surface area contributed by atoms with E-state index in [2.05, 4.69) is 37.6 Å². The van der Waals surface area contributed by atoms with Gasteiger partial charge in [-0.3, -0.25) is 4.90 Å². The van der Waals surface area contributed by atoms with E-state index < -0.39 is 11.7 Å². The van der Waals surface area contributed by atoms with Crippen LogP contribution in [0.15, 0.2) is 30.5 Å². The van der Waals surface area contributed by atoms with Gasteiger partial charge in [0.15, 0.2) is 0 Å². The Morgan fingerprint density at radius 3 is 2.60 bits per heavy atom. The Morgan fingerprint density at radius 1 is 1.17 bits per heavy atom. The molecule has 3 heterocycles. The van der Waals surface area contributed by atoms with Gasteiger partial charge in [-0.25, -0.2) is 4.98 Å². The van der Waals surface area contributed by atoms with E-state index in [1.54, 1.807) is 13.2 Å². The van der Waals surface area contributed by atoms with Gasteiger partial charge in [0.1, 0.15) is 17.2 Å². The lowest BCUT2D eigenvalue weighted by atomic mass is 10.1. The number of H-pyrrole nitrogens is 1. The summed E-state index contributed by atoms with van der Waals surface area (Å²) in [6, 6.07) is 8.69. The molecule has 0 radical (unpaired) electrons. The van der Waals surface area contributed by atoms with E-state index >= 15 is 0 Å². The van der Waals surface area contributed by atoms with E-state index in [1.807, 2.05) is 13.0 Å². The molecule has 10 heteroatoms. The Labute approximate surface area is 204 Å². The number of rotatable bonds is 8. The van der Waals surface area contributed by atoms with Crippen molar-refractivity contribution in [3.8, 4) is 5.75 Å². The number of nitrogens with one attached hydrogen (secondary N) is 3. The van der Waals surface area contributed by atoms with Crippen LogP contribution < -0.4 is 20.7 Å². The van der Waals surface area contributed by atoms with Gasteiger partial charge in [0.25, 0.3) is 0 Å². The summed E-state index contributed by atoms with van der Waals surface area (Å²) in [4.78, 5) is 9.75. The van der Waals surface area contributed by atoms with Crippen molar-refractivity contribution in [2.24, 2.45) is 0 Å². The maximum Gasteiger partial charge on any atom is 0.418 e. The Bertz CT molecular complexity index is 1190. The fourth-order valence-corrected chi connectivity index (χ4v) is 7.05. The number of hydrogen-bond donors (Lipinski definition) is 3. The number of nitrogens with zero attached hydrogens (tertiary/aromatic N) is 2. The molecular formula is C25H31F3N5OP. The van der Waals surface area contributed by atoms with Gasteiger partial charge in [-0.15, -0.1) is 0 Å². The summed E-state index contributed by atoms with van der Waals surface area (Å²) in [5, 5.41) is 7.77. The summed E-state index contributed by atoms with van der Waals surface area (Å²) < 4.78 is 46.3. The fraction of sp³-hybridized carbons (Fsp3) is 0.480. The van der Waals surface area contributed by atoms with Crippen molar-refractivity contribution in [2.75, 3.05) is 49.7 Å². The van der Waals surface area contributed by atoms with E-state index in [9.17, 15) is 13.2 Å². The zero-order valence-electron chi connectivity index (χ0n) is 20.0. The summed E-state index contributed by atoms with van der Waals surface area (Å²) in [5.74, 6) is 1.16. The minimum absolute atomic E-state index is 0.0548. The molecule has 0 spiro atoms. The van der Waals surface area contributed by atoms with Crippen LogP contribution in [-0.4, -0.2) is 60.0 Å². The quantitative estimate of drug-likeness (QED) is 0.341. The van der Waals surface area contributed by atoms with E-state index in [4.69, 9.17) is 4.74 Å². The SMILES string of the molecule is CCCNc1cc(Nc2ccc(P3CCN(C4CC4)CC3)cc2OC)nc2[nH]cc(C(F)(F)F)c12. The number of benzene rings is 1. The average Bonchev–Trinajstić information content (AvgIpc) is 3.60. The van der Waals surface area contributed by atoms with Crippen LogP contribution >= 0.6 is 7.92 Å². The molecule has 0 bridgehead atoms. The zero-order valence-corrected chi connectivity index (χ0v) is 20.9. The van der Waals surface area contributed by atoms with Crippen LogP contribution in [0.25, 0.3) is 11.0 Å². The summed E-state index contributed by atoms with van der Waals surface area (Å²) in [5.41, 5.74) is 0.595. The maximum atomic E-state index is 13.5. The molecule has 5 rings (SSSR count). The first-order valence-corrected chi connectivity index (χ1v) is 13.9. The van der Waals surface area contributed by atoms with E-state index in [1.165, 1.54) is 43.6 Å². The second-order valence-electron chi connectivity index (χ2n) is 9.17. The van der Waals surface area contributed by atoms with Crippen molar-refractivity contribution in [1.29, 1.82) is 0 Å². The van der Waals surface area contributed by atoms with Crippen LogP contribution in [0.1, 0.15) is 31.7 Å². The first-order valence-electron chi connectivity index (χ1n) is 12.1. The van der Waals surface area contributed by atoms with Crippen LogP contribution in [0, 0.1) is 0 Å². The van der Waals surface area contributed by atoms with E-state index in [0.29, 0.717) is 23.8 Å². The molecule has 1 aliphatic heterocycles. The Morgan fingerprint density at radius 2 is 1.94 bits per heavy atom. The normalized spacial score (nSPS) is 17.6. The molecule has 188 valence electrons. The Kier molecular flexibility index (Phi) is 6.82. The highest BCUT2D eigenvalue weighted by molar-refractivity contribution is 7.65. The highest BCUT2D eigenvalue weighted by Gasteiger charge is 2.35. The van der Waals surface area contributed by atoms with Crippen LogP contribution in [0.2, 0.25) is 0 Å². The molecule has 1 saturated heterocycles. The molecular weight excluding hydrogens is 474 g/mol. The molecule has 3 N–H and O–H groups in total. The number of ether oxygens (including phenoxy) is 1. The lowest BCUT2D eigenvalue weighted by Gasteiger charge is -2.32. The van der Waals surface area contributed by atoms with Crippen molar-refractivity contribution < 1.29 is 17.9 Å². The van der Waals surface area contributed by atoms with Crippen molar-refractivity contribution in [3.63, 3.8) is 0 Å². The second-order valence-corrected chi connectivity index (χ2v) is 11.7. The minimum Gasteiger partial charge on any atom is -0.495 e. The number of aromatic nitrogens is 2. The van der Waals surface area contributed by atoms with Crippen molar-refractivity contribution in [2.45, 2.75) is 38.4 Å². The van der Waals surface area contributed by atoms with Crippen molar-refractivity contribution >= 4 is 41.5 Å². The third-order valence-electron chi connectivity index (χ3n) is 6.70. The third kappa shape index (κ3) is 5.21. The molecule has 2 aliphatic rings. The zero-order chi connectivity index (χ0) is 24.6. The topological polar surface area (TPSA) is 65.2 Å². The van der Waals surface area contributed by atoms with E-state index in [0.717, 1.165) is 24.3 Å². The summed E-state index contributed by atoms with van der Waals surface area (Å²) >= 11 is 0. The standard InChI is InChI=1S/C25H31F3N5OP/c1-3-8-29-20-14-22(32-24-23(20)18(15-30-24)25(26,27)28)31-19-7-6-17(13-21(19)34-2)35-11-9-33(10-12-35)16-4-5-16/h6-7,13-16H,3-5,8-12H2,1-2H3,(H3,29,30,31,32). The lowest BCUT2D eigenvalue weighted by molar-refractivity contribution is -0.136. The predicted octanol–water partition coefficient (Wildman–Crippen LogP) is 5.74. The first-order chi connectivity index (χ1) is 16.9. The number of aromatic amines is 1. The third-order valence-corrected chi connectivity index (χ3v) is 9.19. The smallest absolute Gasteiger partial charge is 0.418 e. The lowest BCUT2D eigenvalue weighted by Crippen LogP contribution is -2.37. The summed E-state index contributed by atoms with van der Waals surface area (Å²) in [6.07, 6.45) is 2.41. The van der Waals surface area contributed by atoms with Crippen LogP contribution in [0.5, 0.6) is 5.75 Å².